The number of hydrogen-bond donors (Lipinski definition) is 1. The maximum Gasteiger partial charge on any atom is 0.441 e. The maximum absolute atomic E-state index is 13.1. The number of benzene rings is 2. The molecule has 0 radical (unpaired) electrons. The second kappa shape index (κ2) is 8.14. The number of fused-ring (bicyclic) bond motifs is 2. The summed E-state index contributed by atoms with van der Waals surface area (Å²) >= 11 is 6.23. The van der Waals surface area contributed by atoms with Crippen LogP contribution < -0.4 is 0 Å². The standard InChI is InChI=1S/C23H15ClF3N5OS/c1-12-16(10-17-19(28)32-22(29-20(17)33)34-21(30-32)23(25,26)27)15-4-2-3-5-18(15)31(12)11-13-6-8-14(24)9-7-13/h2-10,28H,11H2,1H3/b17-10+,28-19?. The molecule has 172 valence electrons. The minimum absolute atomic E-state index is 0.131. The Morgan fingerprint density at radius 3 is 2.56 bits per heavy atom. The van der Waals surface area contributed by atoms with Crippen LogP contribution in [-0.4, -0.2) is 37.7 Å². The van der Waals surface area contributed by atoms with E-state index in [4.69, 9.17) is 17.0 Å². The highest BCUT2D eigenvalue weighted by atomic mass is 35.5. The molecule has 1 aromatic heterocycles. The van der Waals surface area contributed by atoms with Crippen molar-refractivity contribution in [1.82, 2.24) is 9.58 Å². The molecule has 34 heavy (non-hydrogen) atoms. The van der Waals surface area contributed by atoms with Crippen molar-refractivity contribution in [3.63, 3.8) is 0 Å². The van der Waals surface area contributed by atoms with Gasteiger partial charge in [-0.15, -0.1) is 0 Å². The van der Waals surface area contributed by atoms with Gasteiger partial charge >= 0.3 is 6.18 Å². The van der Waals surface area contributed by atoms with Crippen molar-refractivity contribution in [3.8, 4) is 0 Å². The van der Waals surface area contributed by atoms with E-state index in [-0.39, 0.29) is 22.5 Å². The van der Waals surface area contributed by atoms with Gasteiger partial charge in [-0.2, -0.15) is 28.3 Å². The molecule has 0 aliphatic carbocycles. The molecule has 0 unspecified atom stereocenters. The van der Waals surface area contributed by atoms with Crippen molar-refractivity contribution < 1.29 is 18.0 Å². The average molecular weight is 502 g/mol. The van der Waals surface area contributed by atoms with Crippen LogP contribution in [0.2, 0.25) is 5.02 Å². The van der Waals surface area contributed by atoms with Gasteiger partial charge in [0.15, 0.2) is 5.84 Å². The highest BCUT2D eigenvalue weighted by molar-refractivity contribution is 8.27. The van der Waals surface area contributed by atoms with E-state index >= 15 is 0 Å². The number of amidine groups is 2. The van der Waals surface area contributed by atoms with Crippen LogP contribution in [0.15, 0.2) is 64.2 Å². The van der Waals surface area contributed by atoms with Gasteiger partial charge in [-0.05, 0) is 48.5 Å². The van der Waals surface area contributed by atoms with Crippen LogP contribution in [0.1, 0.15) is 16.8 Å². The predicted molar refractivity (Wildman–Crippen MR) is 128 cm³/mol. The summed E-state index contributed by atoms with van der Waals surface area (Å²) < 4.78 is 41.3. The molecule has 0 bridgehead atoms. The first kappa shape index (κ1) is 22.4. The number of halogens is 4. The zero-order valence-electron chi connectivity index (χ0n) is 17.5. The Morgan fingerprint density at radius 1 is 1.15 bits per heavy atom. The third kappa shape index (κ3) is 3.82. The summed E-state index contributed by atoms with van der Waals surface area (Å²) in [5.74, 6) is -1.23. The number of nitrogens with zero attached hydrogens (tertiary/aromatic N) is 4. The van der Waals surface area contributed by atoms with Gasteiger partial charge in [-0.1, -0.05) is 41.9 Å². The van der Waals surface area contributed by atoms with Crippen molar-refractivity contribution in [3.05, 3.63) is 75.9 Å². The molecule has 0 saturated heterocycles. The molecule has 1 N–H and O–H groups in total. The van der Waals surface area contributed by atoms with Crippen molar-refractivity contribution in [2.24, 2.45) is 10.1 Å². The molecule has 2 aromatic carbocycles. The van der Waals surface area contributed by atoms with E-state index in [2.05, 4.69) is 14.7 Å². The Balaban J connectivity index is 1.59. The molecule has 3 heterocycles. The second-order valence-electron chi connectivity index (χ2n) is 7.65. The predicted octanol–water partition coefficient (Wildman–Crippen LogP) is 5.83. The first-order valence-electron chi connectivity index (χ1n) is 10.0. The molecular formula is C23H15ClF3N5OS. The number of para-hydroxylation sites is 1. The van der Waals surface area contributed by atoms with Crippen LogP contribution in [0, 0.1) is 12.3 Å². The number of alkyl halides is 3. The van der Waals surface area contributed by atoms with Gasteiger partial charge in [0.2, 0.25) is 10.2 Å². The average Bonchev–Trinajstić information content (AvgIpc) is 3.33. The molecule has 3 aromatic rings. The van der Waals surface area contributed by atoms with E-state index < -0.39 is 23.0 Å². The van der Waals surface area contributed by atoms with Crippen LogP contribution >= 0.6 is 23.4 Å². The molecule has 0 saturated carbocycles. The maximum atomic E-state index is 13.1. The SMILES string of the molecule is Cc1c(/C=C2\C(=N)N3N=C(C(F)(F)F)SC3=NC2=O)c2ccccc2n1Cc1ccc(Cl)cc1. The molecule has 5 rings (SSSR count). The summed E-state index contributed by atoms with van der Waals surface area (Å²) in [6, 6.07) is 15.1. The number of carbonyl (C=O) groups is 1. The zero-order chi connectivity index (χ0) is 24.2. The minimum Gasteiger partial charge on any atom is -0.340 e. The van der Waals surface area contributed by atoms with Crippen molar-refractivity contribution in [2.45, 2.75) is 19.6 Å². The van der Waals surface area contributed by atoms with Crippen LogP contribution in [0.25, 0.3) is 17.0 Å². The lowest BCUT2D eigenvalue weighted by Crippen LogP contribution is -2.35. The molecule has 0 fully saturated rings. The lowest BCUT2D eigenvalue weighted by Gasteiger charge is -2.20. The fraction of sp³-hybridized carbons (Fsp3) is 0.130. The van der Waals surface area contributed by atoms with Crippen molar-refractivity contribution in [2.75, 3.05) is 0 Å². The van der Waals surface area contributed by atoms with Gasteiger partial charge in [-0.3, -0.25) is 10.2 Å². The third-order valence-electron chi connectivity index (χ3n) is 5.52. The van der Waals surface area contributed by atoms with Crippen molar-refractivity contribution >= 4 is 62.3 Å². The Bertz CT molecular complexity index is 1450. The van der Waals surface area contributed by atoms with E-state index in [9.17, 15) is 18.0 Å². The van der Waals surface area contributed by atoms with Gasteiger partial charge in [0.25, 0.3) is 5.91 Å². The van der Waals surface area contributed by atoms with E-state index in [0.29, 0.717) is 17.1 Å². The van der Waals surface area contributed by atoms with Gasteiger partial charge in [0, 0.05) is 33.7 Å². The number of aliphatic imine (C=N–C) groups is 1. The summed E-state index contributed by atoms with van der Waals surface area (Å²) in [5, 5.41) is 12.6. The van der Waals surface area contributed by atoms with E-state index in [1.54, 1.807) is 0 Å². The minimum atomic E-state index is -4.69. The molecular weight excluding hydrogens is 487 g/mol. The Morgan fingerprint density at radius 2 is 1.85 bits per heavy atom. The first-order chi connectivity index (χ1) is 16.1. The number of carbonyl (C=O) groups excluding carboxylic acids is 1. The fourth-order valence-corrected chi connectivity index (χ4v) is 4.75. The van der Waals surface area contributed by atoms with Crippen LogP contribution in [0.5, 0.6) is 0 Å². The third-order valence-corrected chi connectivity index (χ3v) is 6.72. The largest absolute Gasteiger partial charge is 0.441 e. The number of nitrogens with one attached hydrogen (secondary N) is 1. The van der Waals surface area contributed by atoms with Gasteiger partial charge in [-0.25, -0.2) is 0 Å². The zero-order valence-corrected chi connectivity index (χ0v) is 19.1. The Kier molecular flexibility index (Phi) is 5.37. The second-order valence-corrected chi connectivity index (χ2v) is 9.04. The van der Waals surface area contributed by atoms with E-state index in [0.717, 1.165) is 27.2 Å². The summed E-state index contributed by atoms with van der Waals surface area (Å²) in [7, 11) is 0. The molecule has 2 aliphatic heterocycles. The quantitative estimate of drug-likeness (QED) is 0.459. The molecule has 0 atom stereocenters. The van der Waals surface area contributed by atoms with Gasteiger partial charge in [0.05, 0.1) is 5.57 Å². The number of thioether (sulfide) groups is 1. The number of amides is 1. The van der Waals surface area contributed by atoms with Crippen LogP contribution in [0.3, 0.4) is 0 Å². The number of hydrazone groups is 1. The normalized spacial score (nSPS) is 17.4. The summed E-state index contributed by atoms with van der Waals surface area (Å²) in [4.78, 5) is 16.4. The smallest absolute Gasteiger partial charge is 0.340 e. The first-order valence-corrected chi connectivity index (χ1v) is 11.2. The van der Waals surface area contributed by atoms with Gasteiger partial charge < -0.3 is 4.57 Å². The number of aromatic nitrogens is 1. The summed E-state index contributed by atoms with van der Waals surface area (Å²) in [6.45, 7) is 2.43. The molecule has 11 heteroatoms. The highest BCUT2D eigenvalue weighted by Gasteiger charge is 2.46. The van der Waals surface area contributed by atoms with Crippen LogP contribution in [0.4, 0.5) is 13.2 Å². The van der Waals surface area contributed by atoms with Crippen LogP contribution in [-0.2, 0) is 11.3 Å². The summed E-state index contributed by atoms with van der Waals surface area (Å²) in [6.07, 6.45) is -3.18. The highest BCUT2D eigenvalue weighted by Crippen LogP contribution is 2.36. The molecule has 6 nitrogen and oxygen atoms in total. The van der Waals surface area contributed by atoms with Crippen molar-refractivity contribution in [1.29, 1.82) is 5.41 Å². The van der Waals surface area contributed by atoms with E-state index in [1.165, 1.54) is 6.08 Å². The monoisotopic (exact) mass is 501 g/mol. The topological polar surface area (TPSA) is 73.8 Å². The van der Waals surface area contributed by atoms with Gasteiger partial charge in [0.1, 0.15) is 0 Å². The Hall–Kier alpha value is -3.37. The summed E-state index contributed by atoms with van der Waals surface area (Å²) in [5.41, 5.74) is 3.31. The molecule has 0 spiro atoms. The number of rotatable bonds is 3. The lowest BCUT2D eigenvalue weighted by atomic mass is 10.1. The molecule has 1 amide bonds. The Labute approximate surface area is 200 Å². The lowest BCUT2D eigenvalue weighted by molar-refractivity contribution is -0.114. The van der Waals surface area contributed by atoms with E-state index in [1.807, 2.05) is 55.5 Å². The molecule has 2 aliphatic rings. The fourth-order valence-electron chi connectivity index (χ4n) is 3.87. The number of hydrogen-bond acceptors (Lipinski definition) is 4.